The van der Waals surface area contributed by atoms with Crippen molar-refractivity contribution in [1.82, 2.24) is 10.2 Å². The van der Waals surface area contributed by atoms with Gasteiger partial charge in [-0.25, -0.2) is 0 Å². The average molecular weight is 325 g/mol. The molecule has 0 aliphatic carbocycles. The van der Waals surface area contributed by atoms with E-state index in [-0.39, 0.29) is 24.4 Å². The van der Waals surface area contributed by atoms with Crippen molar-refractivity contribution in [3.63, 3.8) is 0 Å². The number of carbonyl (C=O) groups is 1. The summed E-state index contributed by atoms with van der Waals surface area (Å²) in [6.45, 7) is 4.07. The second kappa shape index (κ2) is 8.51. The van der Waals surface area contributed by atoms with Crippen LogP contribution in [-0.4, -0.2) is 49.7 Å². The van der Waals surface area contributed by atoms with Crippen LogP contribution < -0.4 is 5.32 Å². The van der Waals surface area contributed by atoms with Gasteiger partial charge in [-0.2, -0.15) is 0 Å². The zero-order valence-corrected chi connectivity index (χ0v) is 13.7. The first-order valence-electron chi connectivity index (χ1n) is 7.98. The minimum absolute atomic E-state index is 0. The van der Waals surface area contributed by atoms with Gasteiger partial charge in [-0.3, -0.25) is 4.79 Å². The van der Waals surface area contributed by atoms with Crippen molar-refractivity contribution in [2.24, 2.45) is 5.92 Å². The lowest BCUT2D eigenvalue weighted by Crippen LogP contribution is -2.49. The van der Waals surface area contributed by atoms with Gasteiger partial charge in [0.1, 0.15) is 0 Å². The molecule has 122 valence electrons. The Hall–Kier alpha value is -1.10. The van der Waals surface area contributed by atoms with Gasteiger partial charge in [-0.05, 0) is 31.5 Å². The summed E-state index contributed by atoms with van der Waals surface area (Å²) in [6.07, 6.45) is 2.96. The Kier molecular flexibility index (Phi) is 6.68. The zero-order valence-electron chi connectivity index (χ0n) is 12.9. The number of hydrogen-bond acceptors (Lipinski definition) is 3. The molecule has 0 bridgehead atoms. The van der Waals surface area contributed by atoms with Crippen LogP contribution in [0.2, 0.25) is 0 Å². The molecule has 1 N–H and O–H groups in total. The minimum atomic E-state index is 0. The number of hydrogen-bond donors (Lipinski definition) is 1. The first-order valence-corrected chi connectivity index (χ1v) is 7.98. The number of carbonyl (C=O) groups excluding carboxylic acids is 1. The largest absolute Gasteiger partial charge is 0.374 e. The molecule has 5 heteroatoms. The van der Waals surface area contributed by atoms with Gasteiger partial charge in [-0.15, -0.1) is 12.4 Å². The Balaban J connectivity index is 0.00000176. The van der Waals surface area contributed by atoms with E-state index in [4.69, 9.17) is 4.74 Å². The fourth-order valence-electron chi connectivity index (χ4n) is 3.25. The van der Waals surface area contributed by atoms with E-state index in [9.17, 15) is 4.79 Å². The molecule has 1 aromatic rings. The summed E-state index contributed by atoms with van der Waals surface area (Å²) >= 11 is 0. The van der Waals surface area contributed by atoms with Gasteiger partial charge in [0.2, 0.25) is 5.91 Å². The van der Waals surface area contributed by atoms with Crippen molar-refractivity contribution in [3.05, 3.63) is 35.9 Å². The Labute approximate surface area is 138 Å². The number of halogens is 1. The van der Waals surface area contributed by atoms with E-state index in [0.29, 0.717) is 12.5 Å². The molecule has 2 fully saturated rings. The Morgan fingerprint density at radius 1 is 1.23 bits per heavy atom. The number of nitrogens with one attached hydrogen (secondary N) is 1. The molecule has 0 saturated carbocycles. The van der Waals surface area contributed by atoms with Crippen LogP contribution >= 0.6 is 12.4 Å². The summed E-state index contributed by atoms with van der Waals surface area (Å²) in [5.41, 5.74) is 1.28. The number of benzene rings is 1. The summed E-state index contributed by atoms with van der Waals surface area (Å²) in [4.78, 5) is 14.6. The van der Waals surface area contributed by atoms with Gasteiger partial charge in [0.05, 0.1) is 12.7 Å². The van der Waals surface area contributed by atoms with Crippen molar-refractivity contribution < 1.29 is 9.53 Å². The molecule has 4 nitrogen and oxygen atoms in total. The van der Waals surface area contributed by atoms with Gasteiger partial charge in [0, 0.05) is 25.4 Å². The molecular formula is C17H25ClN2O2. The van der Waals surface area contributed by atoms with Gasteiger partial charge in [0.15, 0.2) is 0 Å². The van der Waals surface area contributed by atoms with E-state index in [0.717, 1.165) is 45.4 Å². The van der Waals surface area contributed by atoms with E-state index in [1.165, 1.54) is 5.56 Å². The summed E-state index contributed by atoms with van der Waals surface area (Å²) < 4.78 is 5.84. The number of rotatable bonds is 3. The molecule has 2 aliphatic heterocycles. The van der Waals surface area contributed by atoms with Gasteiger partial charge in [0.25, 0.3) is 0 Å². The molecule has 1 atom stereocenters. The van der Waals surface area contributed by atoms with Crippen molar-refractivity contribution in [1.29, 1.82) is 0 Å². The lowest BCUT2D eigenvalue weighted by Gasteiger charge is -2.36. The third-order valence-corrected chi connectivity index (χ3v) is 4.45. The maximum atomic E-state index is 12.6. The lowest BCUT2D eigenvalue weighted by atomic mass is 9.96. The molecule has 0 spiro atoms. The molecule has 3 rings (SSSR count). The van der Waals surface area contributed by atoms with Crippen LogP contribution in [0.5, 0.6) is 0 Å². The van der Waals surface area contributed by atoms with Crippen LogP contribution in [0.25, 0.3) is 0 Å². The number of piperidine rings is 1. The molecule has 2 aliphatic rings. The van der Waals surface area contributed by atoms with E-state index < -0.39 is 0 Å². The fourth-order valence-corrected chi connectivity index (χ4v) is 3.25. The smallest absolute Gasteiger partial charge is 0.225 e. The van der Waals surface area contributed by atoms with Crippen LogP contribution in [0.1, 0.15) is 18.4 Å². The molecule has 2 saturated heterocycles. The second-order valence-electron chi connectivity index (χ2n) is 5.99. The minimum Gasteiger partial charge on any atom is -0.374 e. The summed E-state index contributed by atoms with van der Waals surface area (Å²) in [5, 5.41) is 3.32. The molecule has 2 heterocycles. The van der Waals surface area contributed by atoms with Crippen molar-refractivity contribution >= 4 is 18.3 Å². The Morgan fingerprint density at radius 2 is 1.95 bits per heavy atom. The average Bonchev–Trinajstić information content (AvgIpc) is 2.56. The fraction of sp³-hybridized carbons (Fsp3) is 0.588. The number of amides is 1. The molecule has 0 aromatic heterocycles. The van der Waals surface area contributed by atoms with Gasteiger partial charge < -0.3 is 15.0 Å². The normalized spacial score (nSPS) is 22.9. The van der Waals surface area contributed by atoms with Crippen LogP contribution in [0, 0.1) is 5.92 Å². The highest BCUT2D eigenvalue weighted by molar-refractivity contribution is 5.85. The monoisotopic (exact) mass is 324 g/mol. The third kappa shape index (κ3) is 4.45. The zero-order chi connectivity index (χ0) is 14.5. The number of ether oxygens (including phenoxy) is 1. The Bertz CT molecular complexity index is 463. The highest BCUT2D eigenvalue weighted by atomic mass is 35.5. The molecule has 1 aromatic carbocycles. The molecule has 22 heavy (non-hydrogen) atoms. The second-order valence-corrected chi connectivity index (χ2v) is 5.99. The molecule has 1 amide bonds. The molecule has 0 radical (unpaired) electrons. The van der Waals surface area contributed by atoms with Crippen LogP contribution in [0.4, 0.5) is 0 Å². The van der Waals surface area contributed by atoms with Crippen molar-refractivity contribution in [2.45, 2.75) is 25.4 Å². The van der Waals surface area contributed by atoms with Crippen molar-refractivity contribution in [3.8, 4) is 0 Å². The van der Waals surface area contributed by atoms with Crippen molar-refractivity contribution in [2.75, 3.05) is 32.8 Å². The molecular weight excluding hydrogens is 300 g/mol. The Morgan fingerprint density at radius 3 is 2.68 bits per heavy atom. The van der Waals surface area contributed by atoms with E-state index in [1.807, 2.05) is 11.0 Å². The quantitative estimate of drug-likeness (QED) is 0.923. The predicted octanol–water partition coefficient (Wildman–Crippen LogP) is 1.88. The van der Waals surface area contributed by atoms with E-state index in [2.05, 4.69) is 29.6 Å². The summed E-state index contributed by atoms with van der Waals surface area (Å²) in [5.74, 6) is 0.541. The van der Waals surface area contributed by atoms with E-state index >= 15 is 0 Å². The predicted molar refractivity (Wildman–Crippen MR) is 89.3 cm³/mol. The summed E-state index contributed by atoms with van der Waals surface area (Å²) in [7, 11) is 0. The lowest BCUT2D eigenvalue weighted by molar-refractivity contribution is -0.143. The summed E-state index contributed by atoms with van der Waals surface area (Å²) in [6, 6.07) is 10.4. The molecule has 1 unspecified atom stereocenters. The van der Waals surface area contributed by atoms with Crippen LogP contribution in [-0.2, 0) is 16.0 Å². The van der Waals surface area contributed by atoms with Crippen LogP contribution in [0.15, 0.2) is 30.3 Å². The standard InChI is InChI=1S/C17H24N2O2.ClH/c20-17(15-6-8-18-9-7-15)19-10-11-21-16(13-19)12-14-4-2-1-3-5-14;/h1-5,15-16,18H,6-13H2;1H. The maximum Gasteiger partial charge on any atom is 0.225 e. The topological polar surface area (TPSA) is 41.6 Å². The SMILES string of the molecule is Cl.O=C(C1CCNCC1)N1CCOC(Cc2ccccc2)C1. The highest BCUT2D eigenvalue weighted by Crippen LogP contribution is 2.18. The first kappa shape index (κ1) is 17.3. The highest BCUT2D eigenvalue weighted by Gasteiger charge is 2.30. The third-order valence-electron chi connectivity index (χ3n) is 4.45. The number of morpholine rings is 1. The van der Waals surface area contributed by atoms with E-state index in [1.54, 1.807) is 0 Å². The van der Waals surface area contributed by atoms with Gasteiger partial charge in [-0.1, -0.05) is 30.3 Å². The van der Waals surface area contributed by atoms with Gasteiger partial charge >= 0.3 is 0 Å². The number of nitrogens with zero attached hydrogens (tertiary/aromatic N) is 1. The first-order chi connectivity index (χ1) is 10.3. The van der Waals surface area contributed by atoms with Crippen LogP contribution in [0.3, 0.4) is 0 Å². The maximum absolute atomic E-state index is 12.6.